The largest absolute Gasteiger partial charge is 0.545 e. The Morgan fingerprint density at radius 1 is 1.15 bits per heavy atom. The maximum absolute atomic E-state index is 12.5. The first-order valence-electron chi connectivity index (χ1n) is 6.69. The van der Waals surface area contributed by atoms with Crippen molar-refractivity contribution in [2.24, 2.45) is 0 Å². The van der Waals surface area contributed by atoms with Crippen molar-refractivity contribution in [3.8, 4) is 0 Å². The summed E-state index contributed by atoms with van der Waals surface area (Å²) in [6, 6.07) is 3.17. The van der Waals surface area contributed by atoms with Crippen LogP contribution >= 0.6 is 0 Å². The van der Waals surface area contributed by atoms with E-state index in [1.165, 1.54) is 0 Å². The first kappa shape index (κ1) is 12.9. The molecule has 0 aliphatic carbocycles. The fourth-order valence-corrected chi connectivity index (χ4v) is 2.69. The normalized spacial score (nSPS) is 16.9. The molecular weight excluding hydrogens is 260 g/mol. The number of furan rings is 2. The van der Waals surface area contributed by atoms with Crippen molar-refractivity contribution in [1.29, 1.82) is 0 Å². The lowest BCUT2D eigenvalue weighted by Gasteiger charge is -2.34. The van der Waals surface area contributed by atoms with Gasteiger partial charge in [0.15, 0.2) is 0 Å². The van der Waals surface area contributed by atoms with Gasteiger partial charge in [0.05, 0.1) is 17.1 Å². The van der Waals surface area contributed by atoms with E-state index < -0.39 is 5.97 Å². The lowest BCUT2D eigenvalue weighted by atomic mass is 10.1. The number of benzene rings is 1. The minimum absolute atomic E-state index is 0.120. The van der Waals surface area contributed by atoms with Crippen molar-refractivity contribution >= 4 is 23.0 Å². The van der Waals surface area contributed by atoms with Gasteiger partial charge in [0, 0.05) is 26.2 Å². The van der Waals surface area contributed by atoms with Crippen LogP contribution in [-0.2, 0) is 0 Å². The molecule has 1 saturated heterocycles. The molecule has 0 radical (unpaired) electrons. The number of likely N-dealkylation sites (N-methyl/N-ethyl adjacent to an activating group) is 1. The van der Waals surface area contributed by atoms with Gasteiger partial charge in [0.2, 0.25) is 0 Å². The van der Waals surface area contributed by atoms with E-state index in [-0.39, 0.29) is 22.6 Å². The van der Waals surface area contributed by atoms with Crippen molar-refractivity contribution in [2.75, 3.05) is 32.7 Å². The molecule has 6 nitrogen and oxygen atoms in total. The Kier molecular flexibility index (Phi) is 3.10. The van der Waals surface area contributed by atoms with Gasteiger partial charge in [-0.3, -0.25) is 4.79 Å². The second-order valence-corrected chi connectivity index (χ2v) is 4.93. The Morgan fingerprint density at radius 2 is 1.75 bits per heavy atom. The molecule has 0 spiro atoms. The zero-order chi connectivity index (χ0) is 14.3. The summed E-state index contributed by atoms with van der Waals surface area (Å²) in [6.07, 6.45) is 0. The van der Waals surface area contributed by atoms with Gasteiger partial charge >= 0.3 is 0 Å². The number of carboxylic acid groups (broad SMARTS) is 1. The maximum atomic E-state index is 12.5. The van der Waals surface area contributed by atoms with Gasteiger partial charge < -0.3 is 24.1 Å². The minimum Gasteiger partial charge on any atom is -0.545 e. The second-order valence-electron chi connectivity index (χ2n) is 4.93. The molecule has 3 rings (SSSR count). The number of carboxylic acids is 1. The van der Waals surface area contributed by atoms with Crippen molar-refractivity contribution < 1.29 is 19.1 Å². The van der Waals surface area contributed by atoms with Crippen molar-refractivity contribution in [2.45, 2.75) is 6.92 Å². The smallest absolute Gasteiger partial charge is 0.258 e. The van der Waals surface area contributed by atoms with Crippen molar-refractivity contribution in [3.05, 3.63) is 23.3 Å². The van der Waals surface area contributed by atoms with Crippen LogP contribution in [0.4, 0.5) is 0 Å². The summed E-state index contributed by atoms with van der Waals surface area (Å²) in [6.45, 7) is 5.84. The lowest BCUT2D eigenvalue weighted by Crippen LogP contribution is -2.48. The highest BCUT2D eigenvalue weighted by atomic mass is 16.4. The van der Waals surface area contributed by atoms with Gasteiger partial charge in [0.25, 0.3) is 5.91 Å². The van der Waals surface area contributed by atoms with E-state index in [0.29, 0.717) is 18.7 Å². The van der Waals surface area contributed by atoms with Gasteiger partial charge in [-0.25, -0.2) is 0 Å². The standard InChI is InChI=1S/C14H16N2O4/c1-2-15-5-7-16(8-6-15)13(17)11-9-3-4-10(20-9)12(11)14(18)19/h3-4H,2,5-8H2,1H3,(H,18,19)/p-1. The number of amides is 1. The third-order valence-electron chi connectivity index (χ3n) is 3.87. The maximum Gasteiger partial charge on any atom is 0.258 e. The van der Waals surface area contributed by atoms with Gasteiger partial charge in [-0.1, -0.05) is 6.92 Å². The zero-order valence-electron chi connectivity index (χ0n) is 11.2. The van der Waals surface area contributed by atoms with Crippen molar-refractivity contribution in [1.82, 2.24) is 9.80 Å². The van der Waals surface area contributed by atoms with E-state index in [4.69, 9.17) is 4.42 Å². The van der Waals surface area contributed by atoms with Gasteiger partial charge in [0.1, 0.15) is 11.2 Å². The van der Waals surface area contributed by atoms with E-state index in [0.717, 1.165) is 19.6 Å². The monoisotopic (exact) mass is 275 g/mol. The third kappa shape index (κ3) is 1.92. The highest BCUT2D eigenvalue weighted by molar-refractivity contribution is 6.13. The number of aromatic carboxylic acids is 1. The average molecular weight is 275 g/mol. The van der Waals surface area contributed by atoms with E-state index in [9.17, 15) is 14.7 Å². The average Bonchev–Trinajstić information content (AvgIpc) is 3.07. The summed E-state index contributed by atoms with van der Waals surface area (Å²) < 4.78 is 5.28. The minimum atomic E-state index is -1.37. The molecule has 6 heteroatoms. The zero-order valence-corrected chi connectivity index (χ0v) is 11.2. The van der Waals surface area contributed by atoms with Crippen LogP contribution in [0.15, 0.2) is 16.5 Å². The predicted octanol–water partition coefficient (Wildman–Crippen LogP) is 0.0118. The fraction of sp³-hybridized carbons (Fsp3) is 0.429. The number of carbonyl (C=O) groups excluding carboxylic acids is 2. The highest BCUT2D eigenvalue weighted by Gasteiger charge is 2.29. The molecule has 20 heavy (non-hydrogen) atoms. The lowest BCUT2D eigenvalue weighted by molar-refractivity contribution is -0.254. The second kappa shape index (κ2) is 4.79. The Morgan fingerprint density at radius 3 is 2.30 bits per heavy atom. The molecule has 1 aliphatic rings. The van der Waals surface area contributed by atoms with Crippen molar-refractivity contribution in [3.63, 3.8) is 0 Å². The van der Waals surface area contributed by atoms with Gasteiger partial charge in [-0.2, -0.15) is 0 Å². The van der Waals surface area contributed by atoms with Crippen LogP contribution in [0.5, 0.6) is 0 Å². The summed E-state index contributed by atoms with van der Waals surface area (Å²) in [5.41, 5.74) is 0.538. The molecule has 3 heterocycles. The van der Waals surface area contributed by atoms with Crippen LogP contribution in [-0.4, -0.2) is 54.4 Å². The Labute approximate surface area is 115 Å². The van der Waals surface area contributed by atoms with Crippen LogP contribution in [0, 0.1) is 0 Å². The summed E-state index contributed by atoms with van der Waals surface area (Å²) >= 11 is 0. The first-order chi connectivity index (χ1) is 9.61. The molecule has 106 valence electrons. The predicted molar refractivity (Wildman–Crippen MR) is 69.7 cm³/mol. The number of hydrogen-bond acceptors (Lipinski definition) is 5. The number of nitrogens with zero attached hydrogens (tertiary/aromatic N) is 2. The van der Waals surface area contributed by atoms with Gasteiger partial charge in [-0.15, -0.1) is 0 Å². The molecule has 1 fully saturated rings. The number of fused-ring (bicyclic) bond motifs is 2. The molecule has 1 amide bonds. The third-order valence-corrected chi connectivity index (χ3v) is 3.87. The molecule has 0 aromatic carbocycles. The van der Waals surface area contributed by atoms with E-state index >= 15 is 0 Å². The Hall–Kier alpha value is -2.08. The molecule has 0 unspecified atom stereocenters. The summed E-state index contributed by atoms with van der Waals surface area (Å²) in [7, 11) is 0. The molecule has 2 bridgehead atoms. The molecule has 0 N–H and O–H groups in total. The SMILES string of the molecule is CCN1CCN(C(=O)c2c(C(=O)[O-])c3ccc2o3)CC1. The Balaban J connectivity index is 1.87. The number of piperazine rings is 1. The van der Waals surface area contributed by atoms with E-state index in [1.54, 1.807) is 17.0 Å². The van der Waals surface area contributed by atoms with Gasteiger partial charge in [-0.05, 0) is 18.7 Å². The number of carbonyl (C=O) groups is 2. The summed E-state index contributed by atoms with van der Waals surface area (Å²) in [5.74, 6) is -1.65. The van der Waals surface area contributed by atoms with Crippen LogP contribution in [0.3, 0.4) is 0 Å². The van der Waals surface area contributed by atoms with Crippen LogP contribution in [0.2, 0.25) is 0 Å². The number of hydrogen-bond donors (Lipinski definition) is 0. The topological polar surface area (TPSA) is 76.8 Å². The first-order valence-corrected chi connectivity index (χ1v) is 6.69. The molecule has 2 aromatic rings. The summed E-state index contributed by atoms with van der Waals surface area (Å²) in [4.78, 5) is 27.6. The van der Waals surface area contributed by atoms with Crippen LogP contribution in [0.25, 0.3) is 11.2 Å². The quantitative estimate of drug-likeness (QED) is 0.788. The Bertz CT molecular complexity index is 640. The fourth-order valence-electron chi connectivity index (χ4n) is 2.69. The summed E-state index contributed by atoms with van der Waals surface area (Å²) in [5, 5.41) is 11.2. The van der Waals surface area contributed by atoms with E-state index in [1.807, 2.05) is 0 Å². The highest BCUT2D eigenvalue weighted by Crippen LogP contribution is 2.29. The number of rotatable bonds is 3. The van der Waals surface area contributed by atoms with Crippen LogP contribution < -0.4 is 5.11 Å². The molecule has 0 atom stereocenters. The molecular formula is C14H15N2O4-. The van der Waals surface area contributed by atoms with E-state index in [2.05, 4.69) is 11.8 Å². The molecule has 2 aromatic heterocycles. The molecule has 1 aliphatic heterocycles. The molecule has 0 saturated carbocycles. The van der Waals surface area contributed by atoms with Crippen LogP contribution in [0.1, 0.15) is 27.6 Å².